The largest absolute Gasteiger partial charge is 0.503 e. The second-order valence-corrected chi connectivity index (χ2v) is 6.37. The summed E-state index contributed by atoms with van der Waals surface area (Å²) in [5.74, 6) is 0.343. The number of aromatic hydroxyl groups is 2. The number of H-pyrrole nitrogens is 1. The molecule has 6 heteroatoms. The van der Waals surface area contributed by atoms with E-state index in [9.17, 15) is 10.2 Å². The lowest BCUT2D eigenvalue weighted by atomic mass is 10.1. The smallest absolute Gasteiger partial charge is 0.240 e. The number of nitrogens with one attached hydrogen (secondary N) is 1. The van der Waals surface area contributed by atoms with Crippen LogP contribution in [0.2, 0.25) is 0 Å². The van der Waals surface area contributed by atoms with Crippen LogP contribution in [0, 0.1) is 0 Å². The predicted octanol–water partition coefficient (Wildman–Crippen LogP) is 4.76. The van der Waals surface area contributed by atoms with Gasteiger partial charge < -0.3 is 19.6 Å². The number of nitrogens with zero attached hydrogens (tertiary/aromatic N) is 2. The summed E-state index contributed by atoms with van der Waals surface area (Å²) in [6, 6.07) is 9.27. The molecule has 3 N–H and O–H groups in total. The van der Waals surface area contributed by atoms with Crippen LogP contribution in [0.25, 0.3) is 28.2 Å². The van der Waals surface area contributed by atoms with E-state index in [-0.39, 0.29) is 11.6 Å². The number of hydrogen-bond donors (Lipinski definition) is 3. The first-order valence-corrected chi connectivity index (χ1v) is 8.83. The summed E-state index contributed by atoms with van der Waals surface area (Å²) < 4.78 is 7.24. The lowest BCUT2D eigenvalue weighted by molar-refractivity contribution is 0.384. The van der Waals surface area contributed by atoms with Crippen molar-refractivity contribution in [3.8, 4) is 28.8 Å². The van der Waals surface area contributed by atoms with Gasteiger partial charge in [-0.05, 0) is 43.2 Å². The maximum absolute atomic E-state index is 10.7. The number of benzene rings is 1. The van der Waals surface area contributed by atoms with Gasteiger partial charge in [-0.1, -0.05) is 19.8 Å². The van der Waals surface area contributed by atoms with Gasteiger partial charge in [0.15, 0.2) is 11.5 Å². The molecular formula is C20H21N3O3. The maximum atomic E-state index is 10.7. The molecule has 4 rings (SSSR count). The Balaban J connectivity index is 1.91. The quantitative estimate of drug-likeness (QED) is 0.437. The van der Waals surface area contributed by atoms with Crippen LogP contribution < -0.4 is 0 Å². The Hall–Kier alpha value is -3.15. The number of furan rings is 1. The van der Waals surface area contributed by atoms with Crippen LogP contribution in [0.3, 0.4) is 0 Å². The highest BCUT2D eigenvalue weighted by Gasteiger charge is 2.25. The first kappa shape index (κ1) is 16.3. The molecule has 0 amide bonds. The Morgan fingerprint density at radius 3 is 2.85 bits per heavy atom. The van der Waals surface area contributed by atoms with Crippen molar-refractivity contribution in [2.75, 3.05) is 0 Å². The van der Waals surface area contributed by atoms with Crippen molar-refractivity contribution in [3.63, 3.8) is 0 Å². The highest BCUT2D eigenvalue weighted by molar-refractivity contribution is 5.79. The van der Waals surface area contributed by atoms with Gasteiger partial charge in [-0.2, -0.15) is 0 Å². The lowest BCUT2D eigenvalue weighted by Gasteiger charge is -2.10. The Bertz CT molecular complexity index is 1030. The van der Waals surface area contributed by atoms with Crippen molar-refractivity contribution in [1.29, 1.82) is 0 Å². The fourth-order valence-electron chi connectivity index (χ4n) is 3.37. The van der Waals surface area contributed by atoms with E-state index in [1.54, 1.807) is 23.2 Å². The molecule has 134 valence electrons. The van der Waals surface area contributed by atoms with E-state index in [0.717, 1.165) is 36.0 Å². The molecule has 6 nitrogen and oxygen atoms in total. The third kappa shape index (κ3) is 2.63. The Morgan fingerprint density at radius 1 is 1.19 bits per heavy atom. The van der Waals surface area contributed by atoms with E-state index < -0.39 is 0 Å². The first-order valence-electron chi connectivity index (χ1n) is 8.83. The minimum absolute atomic E-state index is 0.0859. The van der Waals surface area contributed by atoms with E-state index in [1.807, 2.05) is 24.3 Å². The van der Waals surface area contributed by atoms with Gasteiger partial charge in [0.25, 0.3) is 0 Å². The Labute approximate surface area is 150 Å². The number of hydrogen-bond acceptors (Lipinski definition) is 4. The van der Waals surface area contributed by atoms with Crippen molar-refractivity contribution in [2.24, 2.45) is 0 Å². The van der Waals surface area contributed by atoms with Crippen LogP contribution in [0.5, 0.6) is 11.6 Å². The molecule has 3 aromatic heterocycles. The number of imidazole rings is 1. The maximum Gasteiger partial charge on any atom is 0.240 e. The number of unbranched alkanes of at least 4 members (excludes halogenated alkanes) is 2. The molecule has 0 aliphatic rings. The monoisotopic (exact) mass is 351 g/mol. The molecule has 0 saturated heterocycles. The summed E-state index contributed by atoms with van der Waals surface area (Å²) in [6.07, 6.45) is 6.96. The fourth-order valence-corrected chi connectivity index (χ4v) is 3.37. The highest BCUT2D eigenvalue weighted by atomic mass is 16.3. The van der Waals surface area contributed by atoms with Crippen LogP contribution in [0.1, 0.15) is 31.7 Å². The summed E-state index contributed by atoms with van der Waals surface area (Å²) in [6.45, 7) is 2.13. The average Bonchev–Trinajstić information content (AvgIpc) is 3.37. The molecule has 0 aliphatic heterocycles. The van der Waals surface area contributed by atoms with Crippen molar-refractivity contribution >= 4 is 11.0 Å². The number of aromatic nitrogens is 3. The second kappa shape index (κ2) is 6.63. The molecule has 0 aliphatic carbocycles. The van der Waals surface area contributed by atoms with Crippen LogP contribution in [-0.2, 0) is 6.42 Å². The Morgan fingerprint density at radius 2 is 2.08 bits per heavy atom. The molecule has 0 radical (unpaired) electrons. The topological polar surface area (TPSA) is 87.2 Å². The molecule has 0 spiro atoms. The summed E-state index contributed by atoms with van der Waals surface area (Å²) in [4.78, 5) is 7.30. The molecule has 0 unspecified atom stereocenters. The van der Waals surface area contributed by atoms with Crippen LogP contribution in [0.4, 0.5) is 0 Å². The summed E-state index contributed by atoms with van der Waals surface area (Å²) >= 11 is 0. The van der Waals surface area contributed by atoms with E-state index in [0.29, 0.717) is 23.4 Å². The predicted molar refractivity (Wildman–Crippen MR) is 99.7 cm³/mol. The summed E-state index contributed by atoms with van der Waals surface area (Å²) in [7, 11) is 0. The highest BCUT2D eigenvalue weighted by Crippen LogP contribution is 2.44. The minimum atomic E-state index is -0.179. The van der Waals surface area contributed by atoms with Gasteiger partial charge in [0.1, 0.15) is 0 Å². The lowest BCUT2D eigenvalue weighted by Crippen LogP contribution is -1.98. The molecular weight excluding hydrogens is 330 g/mol. The van der Waals surface area contributed by atoms with Crippen molar-refractivity contribution in [1.82, 2.24) is 14.5 Å². The van der Waals surface area contributed by atoms with Gasteiger partial charge in [-0.15, -0.1) is 0 Å². The number of fused-ring (bicyclic) bond motifs is 1. The van der Waals surface area contributed by atoms with Gasteiger partial charge >= 0.3 is 0 Å². The minimum Gasteiger partial charge on any atom is -0.503 e. The van der Waals surface area contributed by atoms with Gasteiger partial charge in [0, 0.05) is 5.56 Å². The second-order valence-electron chi connectivity index (χ2n) is 6.37. The van der Waals surface area contributed by atoms with E-state index in [4.69, 9.17) is 4.42 Å². The van der Waals surface area contributed by atoms with E-state index >= 15 is 0 Å². The fraction of sp³-hybridized carbons (Fsp3) is 0.250. The molecule has 0 fully saturated rings. The zero-order valence-electron chi connectivity index (χ0n) is 14.6. The van der Waals surface area contributed by atoms with Gasteiger partial charge in [-0.25, -0.2) is 4.98 Å². The molecule has 3 heterocycles. The van der Waals surface area contributed by atoms with Crippen LogP contribution >= 0.6 is 0 Å². The third-order valence-corrected chi connectivity index (χ3v) is 4.67. The van der Waals surface area contributed by atoms with Gasteiger partial charge in [0.05, 0.1) is 35.0 Å². The number of aromatic amines is 1. The number of rotatable bonds is 6. The Kier molecular flexibility index (Phi) is 4.16. The normalized spacial score (nSPS) is 11.4. The summed E-state index contributed by atoms with van der Waals surface area (Å²) in [5, 5.41) is 21.3. The SMILES string of the molecule is CCCCCc1c(O)c(O)n(-c2ccc3nc[nH]c3c2)c1-c1ccco1. The van der Waals surface area contributed by atoms with E-state index in [1.165, 1.54) is 0 Å². The molecule has 0 bridgehead atoms. The molecule has 0 saturated carbocycles. The van der Waals surface area contributed by atoms with Gasteiger partial charge in [-0.3, -0.25) is 4.57 Å². The summed E-state index contributed by atoms with van der Waals surface area (Å²) in [5.41, 5.74) is 3.80. The van der Waals surface area contributed by atoms with Crippen molar-refractivity contribution in [2.45, 2.75) is 32.6 Å². The molecule has 26 heavy (non-hydrogen) atoms. The standard InChI is InChI=1S/C20H21N3O3/c1-2-3-4-6-14-18(17-7-5-10-26-17)23(20(25)19(14)24)13-8-9-15-16(11-13)22-12-21-15/h5,7-12,24-25H,2-4,6H2,1H3,(H,21,22). The van der Waals surface area contributed by atoms with E-state index in [2.05, 4.69) is 16.9 Å². The first-order chi connectivity index (χ1) is 12.7. The molecule has 1 aromatic carbocycles. The average molecular weight is 351 g/mol. The van der Waals surface area contributed by atoms with Gasteiger partial charge in [0.2, 0.25) is 5.88 Å². The molecule has 4 aromatic rings. The van der Waals surface area contributed by atoms with Crippen LogP contribution in [-0.4, -0.2) is 24.7 Å². The zero-order valence-corrected chi connectivity index (χ0v) is 14.6. The third-order valence-electron chi connectivity index (χ3n) is 4.67. The van der Waals surface area contributed by atoms with Crippen molar-refractivity contribution in [3.05, 3.63) is 48.5 Å². The zero-order chi connectivity index (χ0) is 18.1. The van der Waals surface area contributed by atoms with Crippen LogP contribution in [0.15, 0.2) is 47.3 Å². The molecule has 0 atom stereocenters. The van der Waals surface area contributed by atoms with Crippen molar-refractivity contribution < 1.29 is 14.6 Å².